The number of hydrogen-bond donors (Lipinski definition) is 1. The first-order valence-electron chi connectivity index (χ1n) is 7.19. The van der Waals surface area contributed by atoms with Crippen molar-refractivity contribution < 1.29 is 9.90 Å². The van der Waals surface area contributed by atoms with Crippen molar-refractivity contribution in [1.29, 1.82) is 0 Å². The SMILES string of the molecule is CC(C)n1c(C2CCCC2)nc2cc(C(=O)O)cnc21. The van der Waals surface area contributed by atoms with E-state index < -0.39 is 5.97 Å². The van der Waals surface area contributed by atoms with E-state index in [9.17, 15) is 4.79 Å². The Kier molecular flexibility index (Phi) is 3.20. The topological polar surface area (TPSA) is 68.0 Å². The molecule has 20 heavy (non-hydrogen) atoms. The number of rotatable bonds is 3. The molecule has 5 nitrogen and oxygen atoms in total. The van der Waals surface area contributed by atoms with Crippen LogP contribution in [0, 0.1) is 0 Å². The summed E-state index contributed by atoms with van der Waals surface area (Å²) in [6.45, 7) is 4.23. The number of pyridine rings is 1. The summed E-state index contributed by atoms with van der Waals surface area (Å²) in [6, 6.07) is 1.90. The van der Waals surface area contributed by atoms with Crippen molar-refractivity contribution in [1.82, 2.24) is 14.5 Å². The first-order chi connectivity index (χ1) is 9.58. The summed E-state index contributed by atoms with van der Waals surface area (Å²) in [4.78, 5) is 20.1. The van der Waals surface area contributed by atoms with Crippen LogP contribution in [0.25, 0.3) is 11.2 Å². The lowest BCUT2D eigenvalue weighted by atomic mass is 10.1. The van der Waals surface area contributed by atoms with Gasteiger partial charge in [0.25, 0.3) is 0 Å². The van der Waals surface area contributed by atoms with Gasteiger partial charge in [0.05, 0.1) is 5.56 Å². The maximum Gasteiger partial charge on any atom is 0.337 e. The molecule has 2 aromatic rings. The summed E-state index contributed by atoms with van der Waals surface area (Å²) in [5, 5.41) is 9.07. The fraction of sp³-hybridized carbons (Fsp3) is 0.533. The summed E-state index contributed by atoms with van der Waals surface area (Å²) in [5.74, 6) is 0.600. The summed E-state index contributed by atoms with van der Waals surface area (Å²) in [5.41, 5.74) is 1.69. The highest BCUT2D eigenvalue weighted by molar-refractivity contribution is 5.90. The number of carboxylic acid groups (broad SMARTS) is 1. The molecule has 1 N–H and O–H groups in total. The molecule has 5 heteroatoms. The van der Waals surface area contributed by atoms with Gasteiger partial charge in [-0.2, -0.15) is 0 Å². The number of nitrogens with zero attached hydrogens (tertiary/aromatic N) is 3. The number of aromatic nitrogens is 3. The fourth-order valence-electron chi connectivity index (χ4n) is 3.10. The van der Waals surface area contributed by atoms with Crippen LogP contribution in [-0.2, 0) is 0 Å². The average molecular weight is 273 g/mol. The second-order valence-corrected chi connectivity index (χ2v) is 5.79. The van der Waals surface area contributed by atoms with Gasteiger partial charge in [-0.3, -0.25) is 0 Å². The van der Waals surface area contributed by atoms with Gasteiger partial charge in [0.2, 0.25) is 0 Å². The molecule has 106 valence electrons. The quantitative estimate of drug-likeness (QED) is 0.931. The highest BCUT2D eigenvalue weighted by Gasteiger charge is 2.25. The van der Waals surface area contributed by atoms with Crippen LogP contribution in [0.1, 0.15) is 67.7 Å². The van der Waals surface area contributed by atoms with Gasteiger partial charge >= 0.3 is 5.97 Å². The van der Waals surface area contributed by atoms with Crippen LogP contribution in [0.4, 0.5) is 0 Å². The molecule has 1 aliphatic carbocycles. The van der Waals surface area contributed by atoms with E-state index in [0.29, 0.717) is 11.4 Å². The number of fused-ring (bicyclic) bond motifs is 1. The van der Waals surface area contributed by atoms with Crippen LogP contribution >= 0.6 is 0 Å². The normalized spacial score (nSPS) is 16.4. The Morgan fingerprint density at radius 1 is 1.40 bits per heavy atom. The van der Waals surface area contributed by atoms with Gasteiger partial charge in [0.15, 0.2) is 5.65 Å². The maximum absolute atomic E-state index is 11.1. The van der Waals surface area contributed by atoms with Crippen molar-refractivity contribution >= 4 is 17.1 Å². The Morgan fingerprint density at radius 2 is 2.10 bits per heavy atom. The summed E-state index contributed by atoms with van der Waals surface area (Å²) in [6.07, 6.45) is 6.26. The molecule has 0 bridgehead atoms. The number of imidazole rings is 1. The molecule has 0 atom stereocenters. The van der Waals surface area contributed by atoms with Crippen molar-refractivity contribution in [2.45, 2.75) is 51.5 Å². The van der Waals surface area contributed by atoms with Crippen molar-refractivity contribution in [2.75, 3.05) is 0 Å². The molecule has 1 fully saturated rings. The number of carbonyl (C=O) groups is 1. The van der Waals surface area contributed by atoms with E-state index in [0.717, 1.165) is 11.5 Å². The second-order valence-electron chi connectivity index (χ2n) is 5.79. The molecule has 0 aromatic carbocycles. The van der Waals surface area contributed by atoms with E-state index in [1.165, 1.54) is 31.9 Å². The lowest BCUT2D eigenvalue weighted by Gasteiger charge is -2.16. The van der Waals surface area contributed by atoms with Crippen molar-refractivity contribution in [3.63, 3.8) is 0 Å². The average Bonchev–Trinajstić information content (AvgIpc) is 3.04. The van der Waals surface area contributed by atoms with Crippen LogP contribution in [-0.4, -0.2) is 25.6 Å². The third kappa shape index (κ3) is 2.07. The van der Waals surface area contributed by atoms with E-state index in [4.69, 9.17) is 10.1 Å². The Hall–Kier alpha value is -1.91. The third-order valence-corrected chi connectivity index (χ3v) is 4.04. The largest absolute Gasteiger partial charge is 0.478 e. The van der Waals surface area contributed by atoms with E-state index >= 15 is 0 Å². The molecular weight excluding hydrogens is 254 g/mol. The minimum Gasteiger partial charge on any atom is -0.478 e. The van der Waals surface area contributed by atoms with Crippen molar-refractivity contribution in [3.05, 3.63) is 23.7 Å². The van der Waals surface area contributed by atoms with Crippen molar-refractivity contribution in [3.8, 4) is 0 Å². The molecule has 2 heterocycles. The predicted octanol–water partition coefficient (Wildman–Crippen LogP) is 3.37. The summed E-state index contributed by atoms with van der Waals surface area (Å²) < 4.78 is 2.16. The predicted molar refractivity (Wildman–Crippen MR) is 76.1 cm³/mol. The highest BCUT2D eigenvalue weighted by atomic mass is 16.4. The molecule has 0 amide bonds. The fourth-order valence-corrected chi connectivity index (χ4v) is 3.10. The van der Waals surface area contributed by atoms with Gasteiger partial charge < -0.3 is 9.67 Å². The molecule has 0 unspecified atom stereocenters. The Morgan fingerprint density at radius 3 is 2.70 bits per heavy atom. The van der Waals surface area contributed by atoms with Crippen LogP contribution in [0.2, 0.25) is 0 Å². The standard InChI is InChI=1S/C15H19N3O2/c1-9(2)18-13(10-5-3-4-6-10)17-12-7-11(15(19)20)8-16-14(12)18/h7-10H,3-6H2,1-2H3,(H,19,20). The van der Waals surface area contributed by atoms with Crippen LogP contribution in [0.5, 0.6) is 0 Å². The van der Waals surface area contributed by atoms with Gasteiger partial charge in [-0.1, -0.05) is 12.8 Å². The van der Waals surface area contributed by atoms with Gasteiger partial charge in [-0.15, -0.1) is 0 Å². The van der Waals surface area contributed by atoms with Crippen LogP contribution < -0.4 is 0 Å². The minimum absolute atomic E-state index is 0.198. The molecule has 1 saturated carbocycles. The summed E-state index contributed by atoms with van der Waals surface area (Å²) >= 11 is 0. The van der Waals surface area contributed by atoms with E-state index in [2.05, 4.69) is 23.4 Å². The molecule has 2 aromatic heterocycles. The minimum atomic E-state index is -0.957. The highest BCUT2D eigenvalue weighted by Crippen LogP contribution is 2.36. The van der Waals surface area contributed by atoms with Crippen LogP contribution in [0.3, 0.4) is 0 Å². The van der Waals surface area contributed by atoms with Gasteiger partial charge in [0.1, 0.15) is 11.3 Å². The molecule has 0 aliphatic heterocycles. The number of hydrogen-bond acceptors (Lipinski definition) is 3. The lowest BCUT2D eigenvalue weighted by Crippen LogP contribution is -2.10. The molecule has 1 aliphatic rings. The van der Waals surface area contributed by atoms with Gasteiger partial charge in [0, 0.05) is 18.2 Å². The van der Waals surface area contributed by atoms with Crippen molar-refractivity contribution in [2.24, 2.45) is 0 Å². The Bertz CT molecular complexity index is 654. The Labute approximate surface area is 117 Å². The zero-order valence-electron chi connectivity index (χ0n) is 11.8. The first kappa shape index (κ1) is 13.1. The van der Waals surface area contributed by atoms with Gasteiger partial charge in [-0.05, 0) is 32.8 Å². The lowest BCUT2D eigenvalue weighted by molar-refractivity contribution is 0.0696. The molecule has 3 rings (SSSR count). The number of carboxylic acids is 1. The molecule has 0 saturated heterocycles. The second kappa shape index (κ2) is 4.89. The smallest absolute Gasteiger partial charge is 0.337 e. The summed E-state index contributed by atoms with van der Waals surface area (Å²) in [7, 11) is 0. The molecule has 0 spiro atoms. The van der Waals surface area contributed by atoms with E-state index in [1.807, 2.05) is 0 Å². The monoisotopic (exact) mass is 273 g/mol. The number of aromatic carboxylic acids is 1. The third-order valence-electron chi connectivity index (χ3n) is 4.04. The van der Waals surface area contributed by atoms with E-state index in [1.54, 1.807) is 6.07 Å². The maximum atomic E-state index is 11.1. The van der Waals surface area contributed by atoms with E-state index in [-0.39, 0.29) is 11.6 Å². The van der Waals surface area contributed by atoms with Gasteiger partial charge in [-0.25, -0.2) is 14.8 Å². The molecule has 0 radical (unpaired) electrons. The Balaban J connectivity index is 2.18. The van der Waals surface area contributed by atoms with Crippen LogP contribution in [0.15, 0.2) is 12.3 Å². The molecular formula is C15H19N3O2. The first-order valence-corrected chi connectivity index (χ1v) is 7.19. The zero-order chi connectivity index (χ0) is 14.3. The zero-order valence-corrected chi connectivity index (χ0v) is 11.8.